The van der Waals surface area contributed by atoms with Crippen molar-refractivity contribution in [3.63, 3.8) is 0 Å². The Labute approximate surface area is 278 Å². The predicted octanol–water partition coefficient (Wildman–Crippen LogP) is -0.557. The molecule has 0 aliphatic rings. The molecular weight excluding hydrogens is 1370 g/mol. The van der Waals surface area contributed by atoms with Gasteiger partial charge in [0.15, 0.2) is 0 Å². The van der Waals surface area contributed by atoms with E-state index >= 15 is 0 Å². The summed E-state index contributed by atoms with van der Waals surface area (Å²) in [6.45, 7) is 0. The van der Waals surface area contributed by atoms with Crippen LogP contribution in [-0.2, 0) is 37.3 Å². The fraction of sp³-hybridized carbons (Fsp3) is 0. The number of hydrogen-bond donors (Lipinski definition) is 7. The van der Waals surface area contributed by atoms with Crippen LogP contribution < -0.4 is 0 Å². The van der Waals surface area contributed by atoms with Crippen molar-refractivity contribution in [1.82, 2.24) is 4.98 Å². The van der Waals surface area contributed by atoms with Gasteiger partial charge in [0.05, 0.1) is 0 Å². The molecule has 32 heteroatoms. The number of H-pyrrole nitrogens is 1. The zero-order valence-corrected chi connectivity index (χ0v) is 34.9. The minimum absolute atomic E-state index is 0.214. The second-order valence-electron chi connectivity index (χ2n) is 6.25. The maximum absolute atomic E-state index is 13.0. The van der Waals surface area contributed by atoms with Crippen LogP contribution in [0.3, 0.4) is 0 Å². The molecule has 1 aromatic heterocycles. The number of benzene rings is 2. The fourth-order valence-corrected chi connectivity index (χ4v) is 1.87. The van der Waals surface area contributed by atoms with Gasteiger partial charge < -0.3 is 4.98 Å². The van der Waals surface area contributed by atoms with Gasteiger partial charge in [-0.3, -0.25) is 0 Å². The zero-order valence-electron chi connectivity index (χ0n) is 20.9. The van der Waals surface area contributed by atoms with Crippen LogP contribution in [0.4, 0.5) is 21.7 Å². The Hall–Kier alpha value is -0.412. The first-order chi connectivity index (χ1) is 19.8. The summed E-state index contributed by atoms with van der Waals surface area (Å²) in [7, 11) is 0. The molecule has 0 saturated carbocycles. The second-order valence-corrected chi connectivity index (χ2v) is 20.4. The first kappa shape index (κ1) is 52.4. The van der Waals surface area contributed by atoms with Gasteiger partial charge in [0.25, 0.3) is 0 Å². The molecule has 0 radical (unpaired) electrons. The molecule has 7 N–H and O–H groups in total. The van der Waals surface area contributed by atoms with Gasteiger partial charge in [0.1, 0.15) is 5.82 Å². The summed E-state index contributed by atoms with van der Waals surface area (Å²) in [5, 5.41) is 1.03. The van der Waals surface area contributed by atoms with Crippen LogP contribution in [0, 0.1) is 5.82 Å². The van der Waals surface area contributed by atoms with Crippen LogP contribution in [0.15, 0.2) is 54.6 Å². The predicted molar refractivity (Wildman–Crippen MR) is 126 cm³/mol. The van der Waals surface area contributed by atoms with Crippen LogP contribution in [0.25, 0.3) is 22.2 Å². The Bertz CT molecular complexity index is 1720. The third-order valence-electron chi connectivity index (χ3n) is 2.67. The molecule has 0 spiro atoms. The van der Waals surface area contributed by atoms with Crippen molar-refractivity contribution >= 4 is 126 Å². The van der Waals surface area contributed by atoms with E-state index in [-0.39, 0.29) is 5.82 Å². The summed E-state index contributed by atoms with van der Waals surface area (Å²) in [6, 6.07) is 16.8. The Kier molecular flexibility index (Phi) is 26.3. The molecule has 0 aliphatic heterocycles. The van der Waals surface area contributed by atoms with Gasteiger partial charge in [-0.2, -0.15) is 0 Å². The van der Waals surface area contributed by atoms with Crippen LogP contribution >= 0.6 is 0 Å². The van der Waals surface area contributed by atoms with Crippen LogP contribution in [0.2, 0.25) is 0 Å². The summed E-state index contributed by atoms with van der Waals surface area (Å²) in [5.41, 5.74) is 2.96. The Morgan fingerprint density at radius 3 is 1.02 bits per heavy atom. The van der Waals surface area contributed by atoms with Crippen molar-refractivity contribution in [2.24, 2.45) is 0 Å². The molecule has 0 amide bonds. The molecule has 0 unspecified atom stereocenters. The fourth-order valence-electron chi connectivity index (χ4n) is 1.87. The minimum atomic E-state index is -6.02. The molecule has 0 fully saturated rings. The number of aromatic amines is 1. The van der Waals surface area contributed by atoms with E-state index in [9.17, 15) is 21.7 Å². The molecule has 3 aromatic rings. The van der Waals surface area contributed by atoms with Crippen LogP contribution in [-0.4, -0.2) is 141 Å². The van der Waals surface area contributed by atoms with Crippen molar-refractivity contribution in [1.29, 1.82) is 0 Å². The van der Waals surface area contributed by atoms with E-state index < -0.39 is 115 Å². The molecule has 0 saturated heterocycles. The first-order valence-corrected chi connectivity index (χ1v) is 32.1. The van der Waals surface area contributed by atoms with E-state index in [0.717, 1.165) is 22.2 Å². The van der Waals surface area contributed by atoms with Gasteiger partial charge in [-0.1, -0.05) is 30.3 Å². The molecule has 46 heavy (non-hydrogen) atoms. The third kappa shape index (κ3) is 74.4. The summed E-state index contributed by atoms with van der Waals surface area (Å²) < 4.78 is 220. The number of halogens is 7. The van der Waals surface area contributed by atoms with Crippen LogP contribution in [0.1, 0.15) is 0 Å². The zero-order chi connectivity index (χ0) is 38.0. The van der Waals surface area contributed by atoms with E-state index in [0.29, 0.717) is 0 Å². The van der Waals surface area contributed by atoms with E-state index in [1.54, 1.807) is 6.07 Å². The van der Waals surface area contributed by atoms with Crippen molar-refractivity contribution < 1.29 is 79.8 Å². The quantitative estimate of drug-likeness (QED) is 0.119. The first-order valence-electron chi connectivity index (χ1n) is 9.19. The van der Waals surface area contributed by atoms with E-state index in [1.165, 1.54) is 12.1 Å². The Balaban J connectivity index is -0.000000249. The number of hydrogen-bond acceptors (Lipinski definition) is 12. The van der Waals surface area contributed by atoms with Gasteiger partial charge in [-0.05, 0) is 29.8 Å². The Morgan fingerprint density at radius 1 is 0.457 bits per heavy atom. The monoisotopic (exact) mass is 1400 g/mol. The van der Waals surface area contributed by atoms with Gasteiger partial charge in [-0.25, -0.2) is 4.39 Å². The molecule has 0 bridgehead atoms. The molecule has 0 atom stereocenters. The number of fused-ring (bicyclic) bond motifs is 1. The van der Waals surface area contributed by atoms with Gasteiger partial charge in [0, 0.05) is 16.6 Å². The molecule has 2 aromatic carbocycles. The maximum atomic E-state index is 13.0. The second kappa shape index (κ2) is 23.1. The molecule has 19 nitrogen and oxygen atoms in total. The van der Waals surface area contributed by atoms with Crippen molar-refractivity contribution in [2.45, 2.75) is 0 Å². The average molecular weight is 1380 g/mol. The van der Waals surface area contributed by atoms with Crippen molar-refractivity contribution in [3.8, 4) is 11.3 Å². The summed E-state index contributed by atoms with van der Waals surface area (Å²) in [4.78, 5) is 3.21. The number of nitrogens with one attached hydrogen (secondary N) is 1. The molecule has 3 rings (SSSR count). The summed E-state index contributed by atoms with van der Waals surface area (Å²) in [6.07, 6.45) is 0. The van der Waals surface area contributed by atoms with Crippen LogP contribution in [0.5, 0.6) is 0 Å². The normalized spacial score (nSPS) is 11.3. The molecule has 270 valence electrons. The van der Waals surface area contributed by atoms with E-state index in [1.807, 2.05) is 36.4 Å². The molecule has 0 aliphatic carbocycles. The SMILES string of the molecule is Fc1ccc2cc(-c3ccccc3)[nH]c2c1.O=[Te](=O)(O)F.O=[Te](=O)(O)F.O=[Te](=O)(O)F.O=[Te](=O)(O)F.O=[Te](=O)(O)F.O=[Te](=O)(O)F. The van der Waals surface area contributed by atoms with E-state index in [2.05, 4.69) is 4.98 Å². The average Bonchev–Trinajstić information content (AvgIpc) is 3.10. The summed E-state index contributed by atoms with van der Waals surface area (Å²) >= 11 is -36.1. The number of aromatic nitrogens is 1. The van der Waals surface area contributed by atoms with Crippen molar-refractivity contribution in [2.75, 3.05) is 0 Å². The molecular formula is C14H16F7NO18Te6. The van der Waals surface area contributed by atoms with Gasteiger partial charge >= 0.3 is 190 Å². The summed E-state index contributed by atoms with van der Waals surface area (Å²) in [5.74, 6) is -0.214. The standard InChI is InChI=1S/C14H10FN.6FHO3Te/c15-12-7-6-11-8-13(16-14(11)9-12)10-4-2-1-3-5-10;6*1-5(2,3)4/h1-9,16H;6*(H,2,3,4). The van der Waals surface area contributed by atoms with Crippen molar-refractivity contribution in [3.05, 3.63) is 60.4 Å². The molecule has 1 heterocycles. The van der Waals surface area contributed by atoms with E-state index in [4.69, 9.17) is 58.1 Å². The third-order valence-corrected chi connectivity index (χ3v) is 2.67. The number of rotatable bonds is 1. The van der Waals surface area contributed by atoms with Gasteiger partial charge in [-0.15, -0.1) is 0 Å². The Morgan fingerprint density at radius 2 is 0.739 bits per heavy atom. The van der Waals surface area contributed by atoms with Gasteiger partial charge in [0.2, 0.25) is 0 Å². The topological polar surface area (TPSA) is 342 Å².